The minimum absolute atomic E-state index is 0.0531. The Kier molecular flexibility index (Phi) is 3.10. The van der Waals surface area contributed by atoms with Gasteiger partial charge >= 0.3 is 0 Å². The molecule has 0 fully saturated rings. The van der Waals surface area contributed by atoms with Crippen LogP contribution in [0.25, 0.3) is 21.5 Å². The van der Waals surface area contributed by atoms with Crippen molar-refractivity contribution >= 4 is 32.1 Å². The molecule has 0 radical (unpaired) electrons. The molecule has 0 spiro atoms. The van der Waals surface area contributed by atoms with Crippen molar-refractivity contribution in [2.24, 2.45) is 0 Å². The van der Waals surface area contributed by atoms with Gasteiger partial charge in [0.05, 0.1) is 0 Å². The van der Waals surface area contributed by atoms with Crippen LogP contribution in [0.2, 0.25) is 0 Å². The molecule has 7 heteroatoms. The number of hydrogen-bond acceptors (Lipinski definition) is 5. The van der Waals surface area contributed by atoms with Crippen LogP contribution < -0.4 is 0 Å². The molecule has 0 amide bonds. The van der Waals surface area contributed by atoms with E-state index in [0.717, 1.165) is 40.5 Å². The number of hydrogen-bond donors (Lipinski definition) is 1. The van der Waals surface area contributed by atoms with Gasteiger partial charge in [-0.05, 0) is 30.2 Å². The molecule has 2 aromatic heterocycles. The monoisotopic (exact) mass is 307 g/mol. The van der Waals surface area contributed by atoms with Crippen LogP contribution in [0.3, 0.4) is 0 Å². The van der Waals surface area contributed by atoms with E-state index < -0.39 is 9.84 Å². The van der Waals surface area contributed by atoms with Gasteiger partial charge in [-0.15, -0.1) is 10.2 Å². The number of H-pyrrole nitrogens is 1. The fraction of sp³-hybridized carbons (Fsp3) is 0.231. The highest BCUT2D eigenvalue weighted by Gasteiger charge is 2.15. The third kappa shape index (κ3) is 2.23. The van der Waals surface area contributed by atoms with E-state index in [1.807, 2.05) is 24.4 Å². The molecule has 0 aliphatic carbocycles. The maximum absolute atomic E-state index is 11.5. The van der Waals surface area contributed by atoms with Crippen molar-refractivity contribution in [3.63, 3.8) is 0 Å². The molecule has 0 saturated heterocycles. The fourth-order valence-corrected chi connectivity index (χ4v) is 3.69. The minimum Gasteiger partial charge on any atom is -0.361 e. The number of aromatic nitrogens is 3. The van der Waals surface area contributed by atoms with Gasteiger partial charge in [-0.3, -0.25) is 0 Å². The van der Waals surface area contributed by atoms with Gasteiger partial charge in [-0.2, -0.15) is 0 Å². The number of fused-ring (bicyclic) bond motifs is 1. The summed E-state index contributed by atoms with van der Waals surface area (Å²) in [5.41, 5.74) is 3.19. The third-order valence-electron chi connectivity index (χ3n) is 3.12. The van der Waals surface area contributed by atoms with Crippen molar-refractivity contribution in [1.82, 2.24) is 15.2 Å². The second-order valence-corrected chi connectivity index (χ2v) is 7.74. The average Bonchev–Trinajstić information content (AvgIpc) is 3.04. The molecular weight excluding hydrogens is 294 g/mol. The van der Waals surface area contributed by atoms with Gasteiger partial charge in [0, 0.05) is 28.9 Å². The molecular formula is C13H13N3O2S2. The van der Waals surface area contributed by atoms with Gasteiger partial charge in [-0.1, -0.05) is 18.3 Å². The fourth-order valence-electron chi connectivity index (χ4n) is 2.08. The zero-order valence-corrected chi connectivity index (χ0v) is 12.7. The van der Waals surface area contributed by atoms with Crippen LogP contribution in [0.15, 0.2) is 28.7 Å². The van der Waals surface area contributed by atoms with Crippen molar-refractivity contribution in [3.8, 4) is 10.6 Å². The predicted octanol–water partition coefficient (Wildman–Crippen LogP) is 2.65. The molecule has 0 bridgehead atoms. The molecule has 3 aromatic rings. The molecule has 0 unspecified atom stereocenters. The molecule has 0 atom stereocenters. The Morgan fingerprint density at radius 3 is 2.75 bits per heavy atom. The van der Waals surface area contributed by atoms with Crippen LogP contribution in [0, 0.1) is 0 Å². The van der Waals surface area contributed by atoms with Gasteiger partial charge in [0.25, 0.3) is 0 Å². The summed E-state index contributed by atoms with van der Waals surface area (Å²) in [6.45, 7) is 2.10. The zero-order valence-electron chi connectivity index (χ0n) is 11.0. The second-order valence-electron chi connectivity index (χ2n) is 4.57. The van der Waals surface area contributed by atoms with Crippen molar-refractivity contribution in [3.05, 3.63) is 30.0 Å². The molecule has 1 aromatic carbocycles. The van der Waals surface area contributed by atoms with E-state index in [-0.39, 0.29) is 4.34 Å². The number of aryl methyl sites for hydroxylation is 1. The number of nitrogens with one attached hydrogen (secondary N) is 1. The molecule has 5 nitrogen and oxygen atoms in total. The summed E-state index contributed by atoms with van der Waals surface area (Å²) < 4.78 is 23.0. The molecule has 3 rings (SSSR count). The van der Waals surface area contributed by atoms with Gasteiger partial charge in [0.15, 0.2) is 0 Å². The van der Waals surface area contributed by atoms with Gasteiger partial charge in [-0.25, -0.2) is 8.42 Å². The Bertz CT molecular complexity index is 878. The lowest BCUT2D eigenvalue weighted by molar-refractivity contribution is 0.600. The molecule has 0 aliphatic heterocycles. The number of benzene rings is 1. The van der Waals surface area contributed by atoms with Crippen LogP contribution in [0.5, 0.6) is 0 Å². The van der Waals surface area contributed by atoms with Crippen molar-refractivity contribution in [2.45, 2.75) is 17.7 Å². The Labute approximate surface area is 120 Å². The van der Waals surface area contributed by atoms with E-state index in [2.05, 4.69) is 22.1 Å². The van der Waals surface area contributed by atoms with Crippen LogP contribution in [-0.4, -0.2) is 29.9 Å². The van der Waals surface area contributed by atoms with Crippen molar-refractivity contribution in [1.29, 1.82) is 0 Å². The first-order valence-corrected chi connectivity index (χ1v) is 8.84. The Balaban J connectivity index is 2.12. The zero-order chi connectivity index (χ0) is 14.3. The highest BCUT2D eigenvalue weighted by atomic mass is 32.2. The standard InChI is InChI=1S/C13H13N3O2S2/c1-3-8-7-14-11-5-4-9(6-10(8)11)12-15-16-13(19-12)20(2,17)18/h4-7,14H,3H2,1-2H3. The van der Waals surface area contributed by atoms with E-state index >= 15 is 0 Å². The lowest BCUT2D eigenvalue weighted by atomic mass is 10.1. The first-order valence-electron chi connectivity index (χ1n) is 6.13. The highest BCUT2D eigenvalue weighted by Crippen LogP contribution is 2.29. The van der Waals surface area contributed by atoms with E-state index in [4.69, 9.17) is 0 Å². The Morgan fingerprint density at radius 1 is 1.30 bits per heavy atom. The first kappa shape index (κ1) is 13.3. The summed E-state index contributed by atoms with van der Waals surface area (Å²) in [6, 6.07) is 5.92. The van der Waals surface area contributed by atoms with E-state index in [9.17, 15) is 8.42 Å². The van der Waals surface area contributed by atoms with E-state index in [1.54, 1.807) is 0 Å². The first-order chi connectivity index (χ1) is 9.49. The normalized spacial score (nSPS) is 12.1. The summed E-state index contributed by atoms with van der Waals surface area (Å²) in [5, 5.41) is 9.49. The average molecular weight is 307 g/mol. The quantitative estimate of drug-likeness (QED) is 0.807. The third-order valence-corrected chi connectivity index (χ3v) is 5.76. The maximum Gasteiger partial charge on any atom is 0.232 e. The van der Waals surface area contributed by atoms with Gasteiger partial charge in [0.2, 0.25) is 14.2 Å². The molecule has 0 saturated carbocycles. The minimum atomic E-state index is -3.30. The Hall–Kier alpha value is -1.73. The second kappa shape index (κ2) is 4.68. The van der Waals surface area contributed by atoms with E-state index in [1.165, 1.54) is 5.56 Å². The van der Waals surface area contributed by atoms with Crippen molar-refractivity contribution < 1.29 is 8.42 Å². The lowest BCUT2D eigenvalue weighted by Crippen LogP contribution is -1.95. The van der Waals surface area contributed by atoms with Crippen molar-refractivity contribution in [2.75, 3.05) is 6.26 Å². The Morgan fingerprint density at radius 2 is 2.10 bits per heavy atom. The van der Waals surface area contributed by atoms with Crippen LogP contribution >= 0.6 is 11.3 Å². The van der Waals surface area contributed by atoms with Crippen LogP contribution in [0.4, 0.5) is 0 Å². The number of nitrogens with zero attached hydrogens (tertiary/aromatic N) is 2. The molecule has 1 N–H and O–H groups in total. The molecule has 104 valence electrons. The molecule has 0 aliphatic rings. The number of sulfone groups is 1. The molecule has 20 heavy (non-hydrogen) atoms. The number of aromatic amines is 1. The summed E-state index contributed by atoms with van der Waals surface area (Å²) in [5.74, 6) is 0. The predicted molar refractivity (Wildman–Crippen MR) is 79.7 cm³/mol. The van der Waals surface area contributed by atoms with Crippen LogP contribution in [0.1, 0.15) is 12.5 Å². The van der Waals surface area contributed by atoms with Gasteiger partial charge in [0.1, 0.15) is 5.01 Å². The maximum atomic E-state index is 11.5. The number of rotatable bonds is 3. The summed E-state index contributed by atoms with van der Waals surface area (Å²) >= 11 is 1.10. The van der Waals surface area contributed by atoms with Gasteiger partial charge < -0.3 is 4.98 Å². The molecule has 2 heterocycles. The van der Waals surface area contributed by atoms with E-state index in [0.29, 0.717) is 5.01 Å². The summed E-state index contributed by atoms with van der Waals surface area (Å²) in [6.07, 6.45) is 4.08. The highest BCUT2D eigenvalue weighted by molar-refractivity contribution is 7.92. The largest absolute Gasteiger partial charge is 0.361 e. The smallest absolute Gasteiger partial charge is 0.232 e. The lowest BCUT2D eigenvalue weighted by Gasteiger charge is -1.98. The topological polar surface area (TPSA) is 75.7 Å². The van der Waals surface area contributed by atoms with Crippen LogP contribution in [-0.2, 0) is 16.3 Å². The summed E-state index contributed by atoms with van der Waals surface area (Å²) in [7, 11) is -3.30. The summed E-state index contributed by atoms with van der Waals surface area (Å²) in [4.78, 5) is 3.22. The SMILES string of the molecule is CCc1c[nH]c2ccc(-c3nnc(S(C)(=O)=O)s3)cc12.